The summed E-state index contributed by atoms with van der Waals surface area (Å²) < 4.78 is 0. The number of likely N-dealkylation sites (tertiary alicyclic amines) is 1. The smallest absolute Gasteiger partial charge is 0.245 e. The molecule has 0 bridgehead atoms. The molecule has 7 aromatic rings. The summed E-state index contributed by atoms with van der Waals surface area (Å²) >= 11 is 6.13. The third-order valence-corrected chi connectivity index (χ3v) is 19.0. The lowest BCUT2D eigenvalue weighted by molar-refractivity contribution is -0.142. The van der Waals surface area contributed by atoms with E-state index in [0.29, 0.717) is 59.6 Å². The normalized spacial score (nSPS) is 14.9. The molecular weight excluding hydrogens is 1430 g/mol. The molecule has 11 amide bonds. The molecule has 0 aliphatic carbocycles. The van der Waals surface area contributed by atoms with Crippen LogP contribution >= 0.6 is 11.6 Å². The maximum atomic E-state index is 15.2. The number of halogens is 1. The summed E-state index contributed by atoms with van der Waals surface area (Å²) in [7, 11) is 0. The molecule has 1 aliphatic rings. The van der Waals surface area contributed by atoms with Gasteiger partial charge < -0.3 is 85.1 Å². The first-order valence-corrected chi connectivity index (χ1v) is 37.1. The molecule has 7 aromatic carbocycles. The maximum Gasteiger partial charge on any atom is 0.245 e. The zero-order valence-corrected chi connectivity index (χ0v) is 62.2. The Kier molecular flexibility index (Phi) is 32.6. The minimum Gasteiger partial charge on any atom is -0.508 e. The second kappa shape index (κ2) is 42.7. The highest BCUT2D eigenvalue weighted by Gasteiger charge is 2.40. The number of nitrogens with one attached hydrogen (secondary N) is 12. The molecule has 28 nitrogen and oxygen atoms in total. The van der Waals surface area contributed by atoms with Crippen LogP contribution in [-0.4, -0.2) is 173 Å². The number of aliphatic hydroxyl groups is 1. The molecule has 10 unspecified atom stereocenters. The van der Waals surface area contributed by atoms with Crippen LogP contribution in [0.5, 0.6) is 5.75 Å². The van der Waals surface area contributed by atoms with Gasteiger partial charge in [-0.1, -0.05) is 169 Å². The van der Waals surface area contributed by atoms with E-state index in [1.807, 2.05) is 54.6 Å². The molecule has 0 spiro atoms. The van der Waals surface area contributed by atoms with Gasteiger partial charge in [-0.25, -0.2) is 0 Å². The van der Waals surface area contributed by atoms with E-state index in [9.17, 15) is 48.6 Å². The number of benzene rings is 7. The number of hydrogen-bond acceptors (Lipinski definition) is 15. The van der Waals surface area contributed by atoms with Crippen LogP contribution in [0, 0.1) is 5.41 Å². The number of fused-ring (bicyclic) bond motifs is 1. The van der Waals surface area contributed by atoms with E-state index >= 15 is 14.4 Å². The number of carbonyl (C=O) groups is 11. The van der Waals surface area contributed by atoms with Crippen molar-refractivity contribution >= 4 is 93.3 Å². The number of primary amides is 1. The summed E-state index contributed by atoms with van der Waals surface area (Å²) in [5, 5.41) is 62.1. The first-order chi connectivity index (χ1) is 52.9. The van der Waals surface area contributed by atoms with Crippen LogP contribution in [0.1, 0.15) is 92.2 Å². The predicted octanol–water partition coefficient (Wildman–Crippen LogP) is 2.81. The summed E-state index contributed by atoms with van der Waals surface area (Å²) in [5.41, 5.74) is 14.9. The average Bonchev–Trinajstić information content (AvgIpc) is 1.56. The van der Waals surface area contributed by atoms with E-state index in [0.717, 1.165) is 21.9 Å². The number of nitrogens with zero attached hydrogens (tertiary/aromatic N) is 1. The number of unbranched alkanes of at least 4 members (excludes halogenated alkanes) is 1. The van der Waals surface area contributed by atoms with Crippen LogP contribution in [0.2, 0.25) is 5.02 Å². The van der Waals surface area contributed by atoms with Gasteiger partial charge in [0, 0.05) is 63.7 Å². The summed E-state index contributed by atoms with van der Waals surface area (Å²) in [4.78, 5) is 159. The van der Waals surface area contributed by atoms with Gasteiger partial charge in [0.1, 0.15) is 66.2 Å². The first kappa shape index (κ1) is 83.9. The fourth-order valence-corrected chi connectivity index (χ4v) is 12.9. The van der Waals surface area contributed by atoms with Crippen molar-refractivity contribution in [2.75, 3.05) is 26.2 Å². The number of amides is 11. The van der Waals surface area contributed by atoms with Crippen LogP contribution in [-0.2, 0) is 91.4 Å². The number of hydrogen-bond donors (Lipinski definition) is 16. The molecule has 10 atom stereocenters. The molecule has 8 rings (SSSR count). The van der Waals surface area contributed by atoms with Crippen LogP contribution in [0.15, 0.2) is 182 Å². The Labute approximate surface area is 643 Å². The number of carbonyl (C=O) groups excluding carboxylic acids is 11. The van der Waals surface area contributed by atoms with Crippen molar-refractivity contribution in [3.05, 3.63) is 220 Å². The zero-order chi connectivity index (χ0) is 79.1. The van der Waals surface area contributed by atoms with E-state index in [-0.39, 0.29) is 82.6 Å². The van der Waals surface area contributed by atoms with Crippen molar-refractivity contribution in [3.63, 3.8) is 0 Å². The third-order valence-electron chi connectivity index (χ3n) is 18.7. The van der Waals surface area contributed by atoms with E-state index in [2.05, 4.69) is 58.5 Å². The Hall–Kier alpha value is -11.8. The zero-order valence-electron chi connectivity index (χ0n) is 61.5. The van der Waals surface area contributed by atoms with Gasteiger partial charge >= 0.3 is 0 Å². The van der Waals surface area contributed by atoms with Gasteiger partial charge in [-0.05, 0) is 127 Å². The lowest BCUT2D eigenvalue weighted by atomic mass is 9.99. The fraction of sp³-hybridized carbons (Fsp3) is 0.358. The molecule has 110 heavy (non-hydrogen) atoms. The lowest BCUT2D eigenvalue weighted by Gasteiger charge is -2.31. The summed E-state index contributed by atoms with van der Waals surface area (Å²) in [6.45, 7) is 2.81. The highest BCUT2D eigenvalue weighted by molar-refractivity contribution is 6.30. The molecule has 0 radical (unpaired) electrons. The van der Waals surface area contributed by atoms with Crippen LogP contribution in [0.25, 0.3) is 10.8 Å². The van der Waals surface area contributed by atoms with Crippen molar-refractivity contribution in [2.45, 2.75) is 158 Å². The number of aromatic hydroxyl groups is 1. The monoisotopic (exact) mass is 1520 g/mol. The fourth-order valence-electron chi connectivity index (χ4n) is 12.8. The summed E-state index contributed by atoms with van der Waals surface area (Å²) in [6.07, 6.45) is 0.921. The number of aliphatic hydroxyl groups excluding tert-OH is 1. The minimum absolute atomic E-state index is 0.0293. The van der Waals surface area contributed by atoms with Gasteiger partial charge in [-0.2, -0.15) is 0 Å². The van der Waals surface area contributed by atoms with Gasteiger partial charge in [-0.3, -0.25) is 58.1 Å². The van der Waals surface area contributed by atoms with Gasteiger partial charge in [0.2, 0.25) is 65.0 Å². The molecule has 582 valence electrons. The first-order valence-electron chi connectivity index (χ1n) is 36.7. The van der Waals surface area contributed by atoms with E-state index in [1.54, 1.807) is 103 Å². The molecule has 0 saturated carbocycles. The third kappa shape index (κ3) is 26.9. The number of guanidine groups is 1. The van der Waals surface area contributed by atoms with Crippen LogP contribution in [0.4, 0.5) is 0 Å². The molecule has 18 N–H and O–H groups in total. The number of rotatable bonds is 41. The molecule has 29 heteroatoms. The number of nitrogens with two attached hydrogens (primary N) is 2. The lowest BCUT2D eigenvalue weighted by Crippen LogP contribution is -2.61. The van der Waals surface area contributed by atoms with Gasteiger partial charge in [0.15, 0.2) is 5.96 Å². The maximum absolute atomic E-state index is 15.2. The summed E-state index contributed by atoms with van der Waals surface area (Å²) in [6, 6.07) is 38.7. The summed E-state index contributed by atoms with van der Waals surface area (Å²) in [5.74, 6) is -9.16. The highest BCUT2D eigenvalue weighted by atomic mass is 35.5. The van der Waals surface area contributed by atoms with E-state index < -0.39 is 132 Å². The van der Waals surface area contributed by atoms with Crippen molar-refractivity contribution in [2.24, 2.45) is 11.5 Å². The SMILES string of the molecule is CC(=O)NC(Cc1ccc2ccccc2c1)C(=O)NC(Cc1ccccc1)C(=O)NC(Cc1ccccc1)C(=O)NC(CO)C(=O)NC(Cc1ccc(O)cc1)C(=O)NC(CCCCNCc1ccc(Cl)cc1)C(=O)NC(Cc1ccccc1)C(=O)NC(CCCNC(=N)N)C(=O)N1CCCC1C(=O)NC(C)C(N)=O. The van der Waals surface area contributed by atoms with Crippen molar-refractivity contribution in [1.82, 2.24) is 63.4 Å². The number of phenols is 1. The molecule has 1 heterocycles. The Morgan fingerprint density at radius 2 is 0.891 bits per heavy atom. The van der Waals surface area contributed by atoms with E-state index in [1.165, 1.54) is 43.0 Å². The van der Waals surface area contributed by atoms with Crippen LogP contribution < -0.4 is 70.0 Å². The predicted molar refractivity (Wildman–Crippen MR) is 416 cm³/mol. The van der Waals surface area contributed by atoms with E-state index in [4.69, 9.17) is 28.5 Å². The Morgan fingerprint density at radius 1 is 0.473 bits per heavy atom. The molecular formula is C81H98ClN15O13. The Bertz CT molecular complexity index is 4280. The topological polar surface area (TPSA) is 440 Å². The van der Waals surface area contributed by atoms with Gasteiger partial charge in [0.25, 0.3) is 0 Å². The van der Waals surface area contributed by atoms with Gasteiger partial charge in [-0.15, -0.1) is 0 Å². The second-order valence-electron chi connectivity index (χ2n) is 27.3. The Morgan fingerprint density at radius 3 is 1.39 bits per heavy atom. The molecule has 1 saturated heterocycles. The molecule has 1 aliphatic heterocycles. The second-order valence-corrected chi connectivity index (χ2v) is 27.7. The van der Waals surface area contributed by atoms with Crippen molar-refractivity contribution in [3.8, 4) is 5.75 Å². The number of phenolic OH excluding ortho intramolecular Hbond substituents is 1. The molecule has 0 aromatic heterocycles. The largest absolute Gasteiger partial charge is 0.508 e. The quantitative estimate of drug-likeness (QED) is 0.0149. The minimum atomic E-state index is -1.81. The van der Waals surface area contributed by atoms with Crippen molar-refractivity contribution in [1.29, 1.82) is 5.41 Å². The van der Waals surface area contributed by atoms with Crippen molar-refractivity contribution < 1.29 is 63.0 Å². The van der Waals surface area contributed by atoms with Crippen LogP contribution in [0.3, 0.4) is 0 Å². The van der Waals surface area contributed by atoms with Gasteiger partial charge in [0.05, 0.1) is 6.61 Å². The Balaban J connectivity index is 1.05. The standard InChI is InChI=1S/C81H98ClN15O13/c1-50(71(83)101)88-79(109)70-28-17-41-97(70)80(110)63(27-16-40-87-81(84)85)91-75(105)65(43-52-18-6-3-7-19-52)92-72(102)62(26-14-15-39-86-48-56-30-35-60(82)36-31-56)90-74(104)68(46-55-32-37-61(100)38-33-55)95-78(108)69(49-98)96-77(107)67(45-54-22-10-5-11-23-54)94-76(106)66(44-53-20-8-4-9-21-53)93-73(103)64(89-51(2)99)47-57-29-34-58-24-12-13-25-59(58)42-57/h3-13,18-25,29-38,42,50,62-70,86,98,100H,14-17,26-28,39-41,43-49H2,1-2H3,(H2,83,101)(H,88,109)(H,89,99)(H,90,104)(H,91,105)(H,92,102)(H,93,103)(H,94,106)(H,95,108)(H,96,107)(H4,84,85,87). The molecule has 1 fully saturated rings. The average molecular weight is 1530 g/mol. The highest BCUT2D eigenvalue weighted by Crippen LogP contribution is 2.23.